The second-order valence-electron chi connectivity index (χ2n) is 12.5. The van der Waals surface area contributed by atoms with Crippen LogP contribution in [0.2, 0.25) is 10.0 Å². The number of para-hydroxylation sites is 1. The van der Waals surface area contributed by atoms with E-state index in [0.717, 1.165) is 24.0 Å². The maximum Gasteiger partial charge on any atom is 0.253 e. The summed E-state index contributed by atoms with van der Waals surface area (Å²) in [6, 6.07) is 19.2. The van der Waals surface area contributed by atoms with E-state index in [1.807, 2.05) is 30.3 Å². The predicted molar refractivity (Wildman–Crippen MR) is 177 cm³/mol. The number of anilines is 1. The molecule has 0 unspecified atom stereocenters. The summed E-state index contributed by atoms with van der Waals surface area (Å²) in [6.07, 6.45) is 1.08. The zero-order valence-corrected chi connectivity index (χ0v) is 27.9. The Morgan fingerprint density at radius 3 is 2.38 bits per heavy atom. The van der Waals surface area contributed by atoms with E-state index in [2.05, 4.69) is 15.2 Å². The molecule has 1 amide bonds. The molecular weight excluding hydrogens is 664 g/mol. The molecule has 246 valence electrons. The number of hydrogen-bond acceptors (Lipinski definition) is 6. The molecule has 13 heteroatoms. The maximum absolute atomic E-state index is 15.4. The van der Waals surface area contributed by atoms with Gasteiger partial charge in [-0.05, 0) is 86.1 Å². The second kappa shape index (κ2) is 12.8. The Balaban J connectivity index is 1.37. The van der Waals surface area contributed by atoms with Crippen LogP contribution >= 0.6 is 23.2 Å². The fourth-order valence-corrected chi connectivity index (χ4v) is 8.71. The number of carbonyl (C=O) groups is 1. The van der Waals surface area contributed by atoms with Gasteiger partial charge >= 0.3 is 0 Å². The van der Waals surface area contributed by atoms with Gasteiger partial charge in [0.05, 0.1) is 29.6 Å². The highest BCUT2D eigenvalue weighted by Gasteiger charge is 2.52. The first kappa shape index (κ1) is 32.1. The van der Waals surface area contributed by atoms with Crippen LogP contribution in [-0.2, 0) is 26.0 Å². The zero-order valence-electron chi connectivity index (χ0n) is 25.6. The van der Waals surface area contributed by atoms with Crippen LogP contribution < -0.4 is 4.31 Å². The molecule has 1 aliphatic heterocycles. The molecule has 1 aromatic heterocycles. The molecule has 3 fully saturated rings. The summed E-state index contributed by atoms with van der Waals surface area (Å²) in [5, 5.41) is 7.47. The Hall–Kier alpha value is -3.51. The normalized spacial score (nSPS) is 22.3. The molecule has 1 N–H and O–H groups in total. The number of carbonyl (C=O) groups excluding carboxylic acids is 1. The first-order valence-electron chi connectivity index (χ1n) is 15.7. The number of halogens is 3. The fourth-order valence-electron chi connectivity index (χ4n) is 6.52. The molecule has 1 saturated heterocycles. The molecule has 4 aromatic rings. The van der Waals surface area contributed by atoms with E-state index in [1.165, 1.54) is 22.5 Å². The average Bonchev–Trinajstić information content (AvgIpc) is 3.98. The molecule has 3 aromatic carbocycles. The van der Waals surface area contributed by atoms with Gasteiger partial charge in [0.25, 0.3) is 5.91 Å². The second-order valence-corrected chi connectivity index (χ2v) is 15.5. The van der Waals surface area contributed by atoms with Crippen molar-refractivity contribution in [3.05, 3.63) is 111 Å². The third-order valence-electron chi connectivity index (χ3n) is 9.09. The highest BCUT2D eigenvalue weighted by atomic mass is 35.5. The van der Waals surface area contributed by atoms with E-state index < -0.39 is 45.4 Å². The highest BCUT2D eigenvalue weighted by Crippen LogP contribution is 2.49. The highest BCUT2D eigenvalue weighted by molar-refractivity contribution is 7.93. The van der Waals surface area contributed by atoms with Crippen molar-refractivity contribution < 1.29 is 22.3 Å². The molecule has 3 aliphatic rings. The lowest BCUT2D eigenvalue weighted by atomic mass is 9.89. The number of nitrogens with one attached hydrogen (secondary N) is 1. The summed E-state index contributed by atoms with van der Waals surface area (Å²) in [7, 11) is -3.91. The summed E-state index contributed by atoms with van der Waals surface area (Å²) >= 11 is 12.8. The summed E-state index contributed by atoms with van der Waals surface area (Å²) in [6.45, 7) is 1.65. The van der Waals surface area contributed by atoms with Crippen LogP contribution in [-0.4, -0.2) is 58.3 Å². The molecule has 0 bridgehead atoms. The Bertz CT molecular complexity index is 1880. The van der Waals surface area contributed by atoms with Gasteiger partial charge in [0.1, 0.15) is 29.7 Å². The first-order valence-corrected chi connectivity index (χ1v) is 18.0. The number of ether oxygens (including phenoxy) is 1. The number of nitrogens with zero attached hydrogens (tertiary/aromatic N) is 4. The van der Waals surface area contributed by atoms with Crippen molar-refractivity contribution in [3.63, 3.8) is 0 Å². The molecule has 9 nitrogen and oxygen atoms in total. The number of aryl methyl sites for hydroxylation is 1. The zero-order chi connectivity index (χ0) is 32.9. The van der Waals surface area contributed by atoms with Crippen LogP contribution in [0.4, 0.5) is 10.1 Å². The van der Waals surface area contributed by atoms with E-state index in [1.54, 1.807) is 36.1 Å². The lowest BCUT2D eigenvalue weighted by molar-refractivity contribution is -0.179. The Kier molecular flexibility index (Phi) is 8.75. The molecule has 47 heavy (non-hydrogen) atoms. The number of aromatic amines is 1. The van der Waals surface area contributed by atoms with Crippen molar-refractivity contribution in [2.75, 3.05) is 10.8 Å². The van der Waals surface area contributed by atoms with Crippen LogP contribution in [0.15, 0.2) is 72.8 Å². The third kappa shape index (κ3) is 6.63. The van der Waals surface area contributed by atoms with Crippen molar-refractivity contribution in [1.82, 2.24) is 20.1 Å². The van der Waals surface area contributed by atoms with Crippen molar-refractivity contribution in [2.45, 2.75) is 68.6 Å². The average molecular weight is 699 g/mol. The lowest BCUT2D eigenvalue weighted by Crippen LogP contribution is -2.59. The van der Waals surface area contributed by atoms with E-state index in [-0.39, 0.29) is 30.5 Å². The van der Waals surface area contributed by atoms with Gasteiger partial charge in [0, 0.05) is 16.5 Å². The number of benzene rings is 3. The van der Waals surface area contributed by atoms with Crippen molar-refractivity contribution in [1.29, 1.82) is 0 Å². The minimum absolute atomic E-state index is 0.0105. The number of rotatable bonds is 11. The quantitative estimate of drug-likeness (QED) is 0.190. The lowest BCUT2D eigenvalue weighted by Gasteiger charge is -2.49. The first-order chi connectivity index (χ1) is 22.6. The van der Waals surface area contributed by atoms with Crippen molar-refractivity contribution >= 4 is 44.8 Å². The Morgan fingerprint density at radius 2 is 1.74 bits per heavy atom. The number of hydrogen-bond donors (Lipinski definition) is 1. The number of morpholine rings is 1. The molecule has 7 rings (SSSR count). The minimum Gasteiger partial charge on any atom is -0.357 e. The van der Waals surface area contributed by atoms with Gasteiger partial charge in [-0.2, -0.15) is 5.10 Å². The van der Waals surface area contributed by atoms with Crippen LogP contribution in [0.3, 0.4) is 0 Å². The predicted octanol–water partition coefficient (Wildman–Crippen LogP) is 6.59. The number of aromatic nitrogens is 3. The number of sulfonamides is 1. The van der Waals surface area contributed by atoms with Crippen LogP contribution in [0.1, 0.15) is 60.6 Å². The third-order valence-corrected chi connectivity index (χ3v) is 11.8. The Morgan fingerprint density at radius 1 is 1.00 bits per heavy atom. The van der Waals surface area contributed by atoms with Crippen LogP contribution in [0.25, 0.3) is 0 Å². The van der Waals surface area contributed by atoms with Gasteiger partial charge in [-0.15, -0.1) is 0 Å². The molecule has 2 heterocycles. The number of H-pyrrole nitrogens is 1. The summed E-state index contributed by atoms with van der Waals surface area (Å²) in [5.41, 5.74) is 1.49. The van der Waals surface area contributed by atoms with Gasteiger partial charge in [-0.25, -0.2) is 17.8 Å². The summed E-state index contributed by atoms with van der Waals surface area (Å²) in [4.78, 5) is 21.1. The molecular formula is C34H34Cl2FN5O4S. The minimum atomic E-state index is -3.91. The van der Waals surface area contributed by atoms with E-state index in [0.29, 0.717) is 34.5 Å². The van der Waals surface area contributed by atoms with Gasteiger partial charge < -0.3 is 9.64 Å². The largest absolute Gasteiger partial charge is 0.357 e. The van der Waals surface area contributed by atoms with E-state index >= 15 is 4.39 Å². The van der Waals surface area contributed by atoms with Crippen molar-refractivity contribution in [2.24, 2.45) is 5.92 Å². The van der Waals surface area contributed by atoms with Gasteiger partial charge in [0.2, 0.25) is 10.0 Å². The SMILES string of the molecule is Cc1n[nH]c(C[C@H]2O[C@@H](c3cccc(Cl)c3)[C@@H](c3ccc(Cl)cc3)N([C@H](CN(c3ccccc3F)S(=O)(=O)C3CC3)C3CC3)C2=O)n1. The molecule has 2 aliphatic carbocycles. The summed E-state index contributed by atoms with van der Waals surface area (Å²) < 4.78 is 51.3. The van der Waals surface area contributed by atoms with Gasteiger partial charge in [-0.1, -0.05) is 59.6 Å². The van der Waals surface area contributed by atoms with Crippen LogP contribution in [0, 0.1) is 18.7 Å². The molecule has 0 radical (unpaired) electrons. The fraction of sp³-hybridized carbons (Fsp3) is 0.382. The van der Waals surface area contributed by atoms with Gasteiger partial charge in [-0.3, -0.25) is 14.2 Å². The van der Waals surface area contributed by atoms with Crippen molar-refractivity contribution in [3.8, 4) is 0 Å². The summed E-state index contributed by atoms with van der Waals surface area (Å²) in [5.74, 6) is 0.0643. The molecule has 0 spiro atoms. The van der Waals surface area contributed by atoms with E-state index in [4.69, 9.17) is 27.9 Å². The van der Waals surface area contributed by atoms with Crippen LogP contribution in [0.5, 0.6) is 0 Å². The molecule has 4 atom stereocenters. The standard InChI is InChI=1S/C34H34Cl2FN5O4S/c1-20-38-31(40-39-20)18-30-34(43)42(32(22-11-13-24(35)14-12-22)33(46-30)23-5-4-6-25(36)17-23)29(21-9-10-21)19-41(47(44,45)26-15-16-26)28-8-3-2-7-27(28)37/h2-8,11-14,17,21,26,29-30,32-33H,9-10,15-16,18-19H2,1H3,(H,38,39,40)/t29-,30-,32-,33+/m1/s1. The number of amides is 1. The van der Waals surface area contributed by atoms with Gasteiger partial charge in [0.15, 0.2) is 0 Å². The smallest absolute Gasteiger partial charge is 0.253 e. The Labute approximate surface area is 283 Å². The monoisotopic (exact) mass is 697 g/mol. The van der Waals surface area contributed by atoms with E-state index in [9.17, 15) is 13.2 Å². The topological polar surface area (TPSA) is 108 Å². The molecule has 2 saturated carbocycles. The maximum atomic E-state index is 15.4.